The number of carbonyl (C=O) groups is 5. The van der Waals surface area contributed by atoms with Gasteiger partial charge in [-0.05, 0) is 48.9 Å². The number of carboxylic acids is 2. The number of esters is 2. The summed E-state index contributed by atoms with van der Waals surface area (Å²) in [6.07, 6.45) is -1.03. The Kier molecular flexibility index (Phi) is 16.1. The summed E-state index contributed by atoms with van der Waals surface area (Å²) >= 11 is 0. The summed E-state index contributed by atoms with van der Waals surface area (Å²) in [5.41, 5.74) is 4.93. The first-order chi connectivity index (χ1) is 32.1. The van der Waals surface area contributed by atoms with Gasteiger partial charge in [-0.1, -0.05) is 6.07 Å². The largest absolute Gasteiger partial charge is 0.550 e. The smallest absolute Gasteiger partial charge is 0.325 e. The Labute approximate surface area is 386 Å². The van der Waals surface area contributed by atoms with E-state index < -0.39 is 48.9 Å². The number of fused-ring (bicyclic) bond motifs is 4. The van der Waals surface area contributed by atoms with Crippen molar-refractivity contribution in [2.45, 2.75) is 19.4 Å². The van der Waals surface area contributed by atoms with Crippen LogP contribution in [0.1, 0.15) is 12.0 Å². The van der Waals surface area contributed by atoms with Gasteiger partial charge in [0.05, 0.1) is 56.9 Å². The number of amides is 1. The molecule has 1 N–H and O–H groups in total. The van der Waals surface area contributed by atoms with Crippen molar-refractivity contribution in [1.29, 1.82) is 0 Å². The van der Waals surface area contributed by atoms with E-state index in [2.05, 4.69) is 5.32 Å². The van der Waals surface area contributed by atoms with Crippen LogP contribution < -0.4 is 54.4 Å². The average Bonchev–Trinajstić information content (AvgIpc) is 3.29. The van der Waals surface area contributed by atoms with E-state index in [1.54, 1.807) is 21.9 Å². The fourth-order valence-electron chi connectivity index (χ4n) is 7.44. The van der Waals surface area contributed by atoms with Gasteiger partial charge in [-0.3, -0.25) is 14.4 Å². The number of aliphatic carboxylic acids is 2. The van der Waals surface area contributed by atoms with E-state index in [0.29, 0.717) is 50.5 Å². The standard InChI is InChI=1S/C48H55N5O14/c1-29-8-13-36-41(20-29)64-18-19-65-42-23-34(47-32-11-9-30(50(2)3)21-39(32)67-40-22-31(51(4)5)10-12-33(40)47)38(66-28-43(54)49-35(48(59)60)24-44(55)56)25-37(42)53(27-46(58)62-7)15-17-63-16-14-52(36)26-45(57)61-6/h8-13,20-23,25,35H,14-19,24,26-28H2,1-7H3,(H2-,49,54,55,56,59,60)/p-1. The molecular weight excluding hydrogens is 871 g/mol. The van der Waals surface area contributed by atoms with E-state index in [4.69, 9.17) is 32.8 Å². The van der Waals surface area contributed by atoms with Crippen molar-refractivity contribution in [3.05, 3.63) is 77.7 Å². The van der Waals surface area contributed by atoms with Crippen LogP contribution in [-0.2, 0) is 38.2 Å². The number of hydrogen-bond donors (Lipinski definition) is 1. The maximum absolute atomic E-state index is 13.4. The molecule has 19 heteroatoms. The minimum Gasteiger partial charge on any atom is -0.550 e. The van der Waals surface area contributed by atoms with Gasteiger partial charge in [0.25, 0.3) is 5.91 Å². The molecule has 0 saturated heterocycles. The van der Waals surface area contributed by atoms with Crippen LogP contribution >= 0.6 is 0 Å². The number of nitrogens with zero attached hydrogens (tertiary/aromatic N) is 4. The lowest BCUT2D eigenvalue weighted by Gasteiger charge is -2.28. The Hall–Kier alpha value is -7.54. The first-order valence-corrected chi connectivity index (χ1v) is 21.3. The number of benzene rings is 4. The predicted octanol–water partition coefficient (Wildman–Crippen LogP) is 0.811. The number of aryl methyl sites for hydroxylation is 1. The minimum atomic E-state index is -1.90. The number of methoxy groups -OCH3 is 2. The molecule has 0 aromatic heterocycles. The highest BCUT2D eigenvalue weighted by atomic mass is 16.5. The molecule has 0 fully saturated rings. The summed E-state index contributed by atoms with van der Waals surface area (Å²) in [5.74, 6) is -4.17. The van der Waals surface area contributed by atoms with Crippen molar-refractivity contribution in [3.8, 4) is 39.7 Å². The van der Waals surface area contributed by atoms with Gasteiger partial charge in [0, 0.05) is 85.5 Å². The lowest BCUT2D eigenvalue weighted by molar-refractivity contribution is -0.317. The number of hydrogen-bond acceptors (Lipinski definition) is 17. The quantitative estimate of drug-likeness (QED) is 0.0980. The van der Waals surface area contributed by atoms with Crippen LogP contribution in [0.3, 0.4) is 0 Å². The Balaban J connectivity index is 1.55. The summed E-state index contributed by atoms with van der Waals surface area (Å²) in [4.78, 5) is 67.5. The monoisotopic (exact) mass is 924 g/mol. The molecule has 356 valence electrons. The number of anilines is 3. The fourth-order valence-corrected chi connectivity index (χ4v) is 7.44. The summed E-state index contributed by atoms with van der Waals surface area (Å²) in [6, 6.07) is 18.5. The van der Waals surface area contributed by atoms with Crippen LogP contribution in [0.4, 0.5) is 17.1 Å². The molecule has 1 unspecified atom stereocenters. The summed E-state index contributed by atoms with van der Waals surface area (Å²) < 4.78 is 44.0. The van der Waals surface area contributed by atoms with Gasteiger partial charge in [0.1, 0.15) is 69.0 Å². The second-order valence-corrected chi connectivity index (χ2v) is 16.0. The van der Waals surface area contributed by atoms with Crippen molar-refractivity contribution in [2.75, 3.05) is 116 Å². The SMILES string of the molecule is COC(=O)CN1CCOCCN(CC(=O)OC)c2cc(OCC(=O)NC(CC(=O)[O-])C(=O)[O-])c(-c3c4ccc(=[N+](C)C)cc-4oc4cc(N(C)C)ccc34)cc2OCCOc2cc(C)ccc21. The molecule has 3 aliphatic rings. The molecule has 0 saturated carbocycles. The zero-order chi connectivity index (χ0) is 48.4. The zero-order valence-electron chi connectivity index (χ0n) is 38.5. The number of ether oxygens (including phenoxy) is 6. The van der Waals surface area contributed by atoms with Crippen LogP contribution in [0.5, 0.6) is 17.2 Å². The summed E-state index contributed by atoms with van der Waals surface area (Å²) in [5, 5.41) is 26.7. The Morgan fingerprint density at radius 3 is 2.06 bits per heavy atom. The minimum absolute atomic E-state index is 0.0188. The second kappa shape index (κ2) is 22.1. The molecule has 1 atom stereocenters. The van der Waals surface area contributed by atoms with Crippen LogP contribution in [-0.4, -0.2) is 137 Å². The molecule has 6 rings (SSSR count). The van der Waals surface area contributed by atoms with Gasteiger partial charge < -0.3 is 72.7 Å². The molecule has 1 aliphatic carbocycles. The van der Waals surface area contributed by atoms with Crippen LogP contribution in [0.2, 0.25) is 0 Å². The van der Waals surface area contributed by atoms with Crippen molar-refractivity contribution < 1.29 is 67.0 Å². The van der Waals surface area contributed by atoms with E-state index >= 15 is 0 Å². The van der Waals surface area contributed by atoms with E-state index in [0.717, 1.165) is 16.6 Å². The van der Waals surface area contributed by atoms with Crippen LogP contribution in [0.15, 0.2) is 71.1 Å². The highest BCUT2D eigenvalue weighted by Gasteiger charge is 2.27. The van der Waals surface area contributed by atoms with Crippen molar-refractivity contribution >= 4 is 57.8 Å². The molecule has 19 nitrogen and oxygen atoms in total. The highest BCUT2D eigenvalue weighted by Crippen LogP contribution is 2.48. The van der Waals surface area contributed by atoms with Gasteiger partial charge >= 0.3 is 11.9 Å². The second-order valence-electron chi connectivity index (χ2n) is 16.0. The normalized spacial score (nSPS) is 13.7. The van der Waals surface area contributed by atoms with Crippen LogP contribution in [0.25, 0.3) is 33.4 Å². The molecule has 3 aromatic carbocycles. The van der Waals surface area contributed by atoms with Gasteiger partial charge in [0.15, 0.2) is 6.61 Å². The van der Waals surface area contributed by atoms with Gasteiger partial charge in [-0.25, -0.2) is 4.58 Å². The van der Waals surface area contributed by atoms with Crippen molar-refractivity contribution in [3.63, 3.8) is 0 Å². The number of carbonyl (C=O) groups excluding carboxylic acids is 5. The molecule has 0 bridgehead atoms. The molecule has 3 aromatic rings. The maximum Gasteiger partial charge on any atom is 0.325 e. The molecule has 0 spiro atoms. The van der Waals surface area contributed by atoms with Gasteiger partial charge in [0.2, 0.25) is 5.36 Å². The Morgan fingerprint density at radius 2 is 1.45 bits per heavy atom. The van der Waals surface area contributed by atoms with Crippen molar-refractivity contribution in [1.82, 2.24) is 9.89 Å². The molecule has 1 amide bonds. The maximum atomic E-state index is 13.4. The van der Waals surface area contributed by atoms with E-state index in [9.17, 15) is 34.2 Å². The molecule has 2 heterocycles. The average molecular weight is 925 g/mol. The van der Waals surface area contributed by atoms with E-state index in [1.165, 1.54) is 14.2 Å². The third-order valence-electron chi connectivity index (χ3n) is 10.9. The molecular formula is C48H54N5O14-. The van der Waals surface area contributed by atoms with Gasteiger partial charge in [-0.2, -0.15) is 0 Å². The topological polar surface area (TPSA) is 225 Å². The first kappa shape index (κ1) is 48.9. The number of nitrogens with one attached hydrogen (secondary N) is 1. The fraction of sp³-hybridized carbons (Fsp3) is 0.375. The molecule has 67 heavy (non-hydrogen) atoms. The zero-order valence-corrected chi connectivity index (χ0v) is 38.5. The first-order valence-electron chi connectivity index (χ1n) is 21.3. The van der Waals surface area contributed by atoms with Crippen LogP contribution in [0, 0.1) is 6.92 Å². The lowest BCUT2D eigenvalue weighted by atomic mass is 9.92. The van der Waals surface area contributed by atoms with E-state index in [-0.39, 0.29) is 64.1 Å². The summed E-state index contributed by atoms with van der Waals surface area (Å²) in [7, 11) is 10.2. The van der Waals surface area contributed by atoms with Crippen molar-refractivity contribution in [2.24, 2.45) is 0 Å². The Morgan fingerprint density at radius 1 is 0.791 bits per heavy atom. The predicted molar refractivity (Wildman–Crippen MR) is 243 cm³/mol. The third kappa shape index (κ3) is 12.2. The lowest BCUT2D eigenvalue weighted by Crippen LogP contribution is -2.51. The number of carboxylic acid groups (broad SMARTS) is 2. The highest BCUT2D eigenvalue weighted by molar-refractivity contribution is 6.04. The summed E-state index contributed by atoms with van der Waals surface area (Å²) in [6.45, 7) is 1.44. The number of rotatable bonds is 13. The molecule has 0 radical (unpaired) electrons. The van der Waals surface area contributed by atoms with E-state index in [1.807, 2.05) is 99.2 Å². The molecule has 2 aliphatic heterocycles. The third-order valence-corrected chi connectivity index (χ3v) is 10.9. The van der Waals surface area contributed by atoms with Gasteiger partial charge in [-0.15, -0.1) is 0 Å². The Bertz CT molecular complexity index is 2680.